The summed E-state index contributed by atoms with van der Waals surface area (Å²) in [5.41, 5.74) is 0. The summed E-state index contributed by atoms with van der Waals surface area (Å²) in [5, 5.41) is 6.29. The molecule has 0 spiro atoms. The van der Waals surface area contributed by atoms with Crippen LogP contribution < -0.4 is 10.6 Å². The number of halogens is 3. The van der Waals surface area contributed by atoms with Crippen LogP contribution in [-0.4, -0.2) is 69.0 Å². The third-order valence-electron chi connectivity index (χ3n) is 3.73. The Kier molecular flexibility index (Phi) is 9.31. The van der Waals surface area contributed by atoms with Gasteiger partial charge in [-0.2, -0.15) is 13.2 Å². The Bertz CT molecular complexity index is 350. The second-order valence-corrected chi connectivity index (χ2v) is 5.59. The Morgan fingerprint density at radius 1 is 1.30 bits per heavy atom. The minimum Gasteiger partial charge on any atom is -0.372 e. The van der Waals surface area contributed by atoms with E-state index in [1.807, 2.05) is 6.92 Å². The molecule has 1 saturated heterocycles. The molecule has 1 aliphatic rings. The van der Waals surface area contributed by atoms with E-state index in [2.05, 4.69) is 32.2 Å². The quantitative estimate of drug-likeness (QED) is 0.384. The molecule has 1 fully saturated rings. The van der Waals surface area contributed by atoms with Crippen molar-refractivity contribution in [1.29, 1.82) is 0 Å². The predicted octanol–water partition coefficient (Wildman–Crippen LogP) is 1.99. The molecule has 0 aliphatic carbocycles. The van der Waals surface area contributed by atoms with Crippen molar-refractivity contribution in [3.05, 3.63) is 0 Å². The van der Waals surface area contributed by atoms with Crippen LogP contribution in [0.15, 0.2) is 4.99 Å². The Morgan fingerprint density at radius 3 is 2.74 bits per heavy atom. The molecular formula is C15H29F3N4O. The Balaban J connectivity index is 2.24. The number of likely N-dealkylation sites (N-methyl/N-ethyl adjacent to an activating group) is 1. The van der Waals surface area contributed by atoms with Crippen molar-refractivity contribution >= 4 is 5.96 Å². The SMILES string of the molecule is CCNC(=NCC1CCCN1CC)NCCCOCC(F)(F)F. The molecule has 1 unspecified atom stereocenters. The standard InChI is InChI=1S/C15H29F3N4O/c1-3-19-14(20-8-6-10-23-12-15(16,17)18)21-11-13-7-5-9-22(13)4-2/h13H,3-12H2,1-2H3,(H2,19,20,21). The van der Waals surface area contributed by atoms with E-state index in [0.717, 1.165) is 26.2 Å². The van der Waals surface area contributed by atoms with E-state index >= 15 is 0 Å². The summed E-state index contributed by atoms with van der Waals surface area (Å²) in [6, 6.07) is 0.491. The minimum atomic E-state index is -4.25. The minimum absolute atomic E-state index is 0.0815. The molecule has 0 aromatic carbocycles. The summed E-state index contributed by atoms with van der Waals surface area (Å²) in [6.07, 6.45) is -1.36. The molecule has 23 heavy (non-hydrogen) atoms. The summed E-state index contributed by atoms with van der Waals surface area (Å²) >= 11 is 0. The number of rotatable bonds is 9. The predicted molar refractivity (Wildman–Crippen MR) is 85.7 cm³/mol. The number of alkyl halides is 3. The molecule has 0 aromatic rings. The first kappa shape index (κ1) is 20.0. The van der Waals surface area contributed by atoms with Gasteiger partial charge in [0.2, 0.25) is 0 Å². The molecule has 1 atom stereocenters. The molecule has 0 aromatic heterocycles. The zero-order chi connectivity index (χ0) is 17.1. The van der Waals surface area contributed by atoms with Crippen molar-refractivity contribution in [3.63, 3.8) is 0 Å². The molecule has 8 heteroatoms. The molecule has 2 N–H and O–H groups in total. The van der Waals surface area contributed by atoms with E-state index in [0.29, 0.717) is 25.0 Å². The van der Waals surface area contributed by atoms with Gasteiger partial charge in [0.25, 0.3) is 0 Å². The van der Waals surface area contributed by atoms with Crippen LogP contribution in [0.4, 0.5) is 13.2 Å². The number of nitrogens with one attached hydrogen (secondary N) is 2. The molecule has 1 aliphatic heterocycles. The summed E-state index contributed by atoms with van der Waals surface area (Å²) in [7, 11) is 0. The fraction of sp³-hybridized carbons (Fsp3) is 0.933. The van der Waals surface area contributed by atoms with Gasteiger partial charge in [-0.15, -0.1) is 0 Å². The average Bonchev–Trinajstić information content (AvgIpc) is 2.94. The Morgan fingerprint density at radius 2 is 2.09 bits per heavy atom. The van der Waals surface area contributed by atoms with Gasteiger partial charge in [-0.25, -0.2) is 0 Å². The molecular weight excluding hydrogens is 309 g/mol. The van der Waals surface area contributed by atoms with Gasteiger partial charge in [0.05, 0.1) is 6.54 Å². The number of hydrogen-bond acceptors (Lipinski definition) is 3. The number of likely N-dealkylation sites (tertiary alicyclic amines) is 1. The maximum atomic E-state index is 11.9. The Labute approximate surface area is 136 Å². The summed E-state index contributed by atoms with van der Waals surface area (Å²) < 4.78 is 40.4. The smallest absolute Gasteiger partial charge is 0.372 e. The maximum absolute atomic E-state index is 11.9. The van der Waals surface area contributed by atoms with Gasteiger partial charge in [0.15, 0.2) is 5.96 Å². The van der Waals surface area contributed by atoms with Crippen LogP contribution in [0.2, 0.25) is 0 Å². The maximum Gasteiger partial charge on any atom is 0.411 e. The fourth-order valence-corrected chi connectivity index (χ4v) is 2.63. The number of nitrogens with zero attached hydrogens (tertiary/aromatic N) is 2. The second-order valence-electron chi connectivity index (χ2n) is 5.59. The number of ether oxygens (including phenoxy) is 1. The lowest BCUT2D eigenvalue weighted by Crippen LogP contribution is -2.39. The lowest BCUT2D eigenvalue weighted by Gasteiger charge is -2.21. The zero-order valence-electron chi connectivity index (χ0n) is 14.1. The molecule has 0 radical (unpaired) electrons. The van der Waals surface area contributed by atoms with Crippen LogP contribution in [0, 0.1) is 0 Å². The number of aliphatic imine (C=N–C) groups is 1. The van der Waals surface area contributed by atoms with Crippen LogP contribution in [0.25, 0.3) is 0 Å². The van der Waals surface area contributed by atoms with E-state index in [4.69, 9.17) is 0 Å². The average molecular weight is 338 g/mol. The van der Waals surface area contributed by atoms with Crippen LogP contribution >= 0.6 is 0 Å². The van der Waals surface area contributed by atoms with Gasteiger partial charge < -0.3 is 15.4 Å². The first-order chi connectivity index (χ1) is 11.0. The lowest BCUT2D eigenvalue weighted by molar-refractivity contribution is -0.173. The van der Waals surface area contributed by atoms with Crippen molar-refractivity contribution in [2.75, 3.05) is 45.9 Å². The molecule has 1 rings (SSSR count). The van der Waals surface area contributed by atoms with E-state index < -0.39 is 12.8 Å². The topological polar surface area (TPSA) is 48.9 Å². The summed E-state index contributed by atoms with van der Waals surface area (Å²) in [4.78, 5) is 7.01. The molecule has 0 saturated carbocycles. The molecule has 5 nitrogen and oxygen atoms in total. The summed E-state index contributed by atoms with van der Waals surface area (Å²) in [5.74, 6) is 0.714. The van der Waals surface area contributed by atoms with Gasteiger partial charge in [-0.3, -0.25) is 9.89 Å². The van der Waals surface area contributed by atoms with Gasteiger partial charge in [0, 0.05) is 25.7 Å². The van der Waals surface area contributed by atoms with E-state index in [-0.39, 0.29) is 6.61 Å². The first-order valence-electron chi connectivity index (χ1n) is 8.37. The van der Waals surface area contributed by atoms with E-state index in [1.165, 1.54) is 12.8 Å². The molecule has 0 bridgehead atoms. The Hall–Kier alpha value is -1.02. The first-order valence-corrected chi connectivity index (χ1v) is 8.37. The van der Waals surface area contributed by atoms with Crippen LogP contribution in [0.3, 0.4) is 0 Å². The van der Waals surface area contributed by atoms with Crippen molar-refractivity contribution in [2.45, 2.75) is 45.3 Å². The number of guanidine groups is 1. The van der Waals surface area contributed by atoms with Gasteiger partial charge in [-0.05, 0) is 39.3 Å². The normalized spacial score (nSPS) is 20.0. The van der Waals surface area contributed by atoms with Crippen LogP contribution in [0.5, 0.6) is 0 Å². The van der Waals surface area contributed by atoms with Gasteiger partial charge >= 0.3 is 6.18 Å². The third kappa shape index (κ3) is 9.00. The van der Waals surface area contributed by atoms with Gasteiger partial charge in [-0.1, -0.05) is 6.92 Å². The zero-order valence-corrected chi connectivity index (χ0v) is 14.1. The molecule has 0 amide bonds. The highest BCUT2D eigenvalue weighted by Crippen LogP contribution is 2.16. The van der Waals surface area contributed by atoms with Crippen molar-refractivity contribution in [2.24, 2.45) is 4.99 Å². The van der Waals surface area contributed by atoms with Crippen molar-refractivity contribution < 1.29 is 17.9 Å². The van der Waals surface area contributed by atoms with Gasteiger partial charge in [0.1, 0.15) is 6.61 Å². The highest BCUT2D eigenvalue weighted by molar-refractivity contribution is 5.79. The third-order valence-corrected chi connectivity index (χ3v) is 3.73. The van der Waals surface area contributed by atoms with Crippen LogP contribution in [-0.2, 0) is 4.74 Å². The lowest BCUT2D eigenvalue weighted by atomic mass is 10.2. The highest BCUT2D eigenvalue weighted by atomic mass is 19.4. The molecule has 1 heterocycles. The largest absolute Gasteiger partial charge is 0.411 e. The van der Waals surface area contributed by atoms with E-state index in [9.17, 15) is 13.2 Å². The van der Waals surface area contributed by atoms with Crippen molar-refractivity contribution in [3.8, 4) is 0 Å². The molecule has 136 valence electrons. The fourth-order valence-electron chi connectivity index (χ4n) is 2.63. The number of hydrogen-bond donors (Lipinski definition) is 2. The summed E-state index contributed by atoms with van der Waals surface area (Å²) in [6.45, 7) is 7.24. The monoisotopic (exact) mass is 338 g/mol. The second kappa shape index (κ2) is 10.7. The highest BCUT2D eigenvalue weighted by Gasteiger charge is 2.27. The van der Waals surface area contributed by atoms with Crippen LogP contribution in [0.1, 0.15) is 33.1 Å². The van der Waals surface area contributed by atoms with Crippen molar-refractivity contribution in [1.82, 2.24) is 15.5 Å². The van der Waals surface area contributed by atoms with E-state index in [1.54, 1.807) is 0 Å².